The van der Waals surface area contributed by atoms with Crippen LogP contribution in [0.15, 0.2) is 61.3 Å². The molecule has 1 unspecified atom stereocenters. The SMILES string of the molecule is C=Cc1c(F)ccc2cc(O)cc(-c3nc(O)c4c(NC(C)c5cccnc5N)nc(OC[C@@]56CCCN5CC(=C)C6)nc4c3F)c12. The summed E-state index contributed by atoms with van der Waals surface area (Å²) in [4.78, 5) is 19.7. The molecular formula is C35H33F2N7O3. The molecule has 0 bridgehead atoms. The van der Waals surface area contributed by atoms with E-state index in [4.69, 9.17) is 10.5 Å². The van der Waals surface area contributed by atoms with Gasteiger partial charge in [-0.05, 0) is 62.4 Å². The number of nitrogens with two attached hydrogens (primary N) is 1. The summed E-state index contributed by atoms with van der Waals surface area (Å²) in [5.41, 5.74) is 7.16. The molecule has 12 heteroatoms. The summed E-state index contributed by atoms with van der Waals surface area (Å²) >= 11 is 0. The van der Waals surface area contributed by atoms with Gasteiger partial charge in [-0.15, -0.1) is 0 Å². The molecule has 2 fully saturated rings. The molecule has 0 amide bonds. The molecular weight excluding hydrogens is 604 g/mol. The molecule has 0 radical (unpaired) electrons. The molecule has 2 saturated heterocycles. The number of nitrogen functional groups attached to an aromatic ring is 1. The van der Waals surface area contributed by atoms with E-state index in [1.165, 1.54) is 30.3 Å². The van der Waals surface area contributed by atoms with Crippen LogP contribution in [0.5, 0.6) is 17.6 Å². The summed E-state index contributed by atoms with van der Waals surface area (Å²) in [5.74, 6) is -1.95. The first-order chi connectivity index (χ1) is 22.6. The number of anilines is 2. The Morgan fingerprint density at radius 1 is 1.17 bits per heavy atom. The number of phenols is 1. The predicted octanol–water partition coefficient (Wildman–Crippen LogP) is 6.50. The molecule has 10 nitrogen and oxygen atoms in total. The maximum atomic E-state index is 16.8. The van der Waals surface area contributed by atoms with Gasteiger partial charge in [-0.3, -0.25) is 4.90 Å². The number of hydrogen-bond donors (Lipinski definition) is 4. The Kier molecular flexibility index (Phi) is 7.39. The lowest BCUT2D eigenvalue weighted by atomic mass is 9.94. The molecule has 7 rings (SSSR count). The third-order valence-electron chi connectivity index (χ3n) is 9.19. The van der Waals surface area contributed by atoms with Crippen LogP contribution in [-0.4, -0.2) is 60.3 Å². The second-order valence-electron chi connectivity index (χ2n) is 12.2. The van der Waals surface area contributed by atoms with Gasteiger partial charge in [0.15, 0.2) is 5.82 Å². The minimum Gasteiger partial charge on any atom is -0.508 e. The molecule has 5 heterocycles. The Balaban J connectivity index is 1.40. The van der Waals surface area contributed by atoms with Crippen LogP contribution < -0.4 is 15.8 Å². The van der Waals surface area contributed by atoms with Crippen LogP contribution in [0, 0.1) is 11.6 Å². The van der Waals surface area contributed by atoms with Gasteiger partial charge in [0.25, 0.3) is 0 Å². The van der Waals surface area contributed by atoms with Crippen molar-refractivity contribution < 1.29 is 23.7 Å². The number of benzene rings is 2. The minimum atomic E-state index is -0.928. The van der Waals surface area contributed by atoms with Crippen molar-refractivity contribution in [3.63, 3.8) is 0 Å². The summed E-state index contributed by atoms with van der Waals surface area (Å²) in [7, 11) is 0. The van der Waals surface area contributed by atoms with Crippen molar-refractivity contribution in [2.45, 2.75) is 37.8 Å². The van der Waals surface area contributed by atoms with Crippen LogP contribution in [0.2, 0.25) is 0 Å². The highest BCUT2D eigenvalue weighted by atomic mass is 19.1. The first-order valence-electron chi connectivity index (χ1n) is 15.3. The molecule has 0 aliphatic carbocycles. The van der Waals surface area contributed by atoms with Gasteiger partial charge in [0.1, 0.15) is 46.4 Å². The van der Waals surface area contributed by atoms with E-state index in [9.17, 15) is 14.6 Å². The van der Waals surface area contributed by atoms with Gasteiger partial charge in [0, 0.05) is 34.8 Å². The van der Waals surface area contributed by atoms with E-state index >= 15 is 4.39 Å². The number of phenolic OH excluding ortho intramolecular Hbond substituents is 1. The van der Waals surface area contributed by atoms with E-state index < -0.39 is 23.6 Å². The zero-order chi connectivity index (χ0) is 33.0. The number of pyridine rings is 2. The second kappa shape index (κ2) is 11.5. The molecule has 2 aromatic carbocycles. The first kappa shape index (κ1) is 30.3. The molecule has 3 aromatic heterocycles. The number of aromatic hydroxyl groups is 2. The minimum absolute atomic E-state index is 0.0427. The molecule has 2 aliphatic heterocycles. The van der Waals surface area contributed by atoms with Gasteiger partial charge >= 0.3 is 6.01 Å². The average molecular weight is 638 g/mol. The zero-order valence-corrected chi connectivity index (χ0v) is 25.7. The van der Waals surface area contributed by atoms with Gasteiger partial charge in [-0.2, -0.15) is 9.97 Å². The number of nitrogens with one attached hydrogen (secondary N) is 1. The van der Waals surface area contributed by atoms with Crippen LogP contribution in [0.3, 0.4) is 0 Å². The van der Waals surface area contributed by atoms with Crippen molar-refractivity contribution in [2.24, 2.45) is 0 Å². The zero-order valence-electron chi connectivity index (χ0n) is 25.7. The highest BCUT2D eigenvalue weighted by Gasteiger charge is 2.46. The van der Waals surface area contributed by atoms with Crippen molar-refractivity contribution in [2.75, 3.05) is 30.7 Å². The second-order valence-corrected chi connectivity index (χ2v) is 12.2. The van der Waals surface area contributed by atoms with E-state index in [2.05, 4.69) is 43.3 Å². The van der Waals surface area contributed by atoms with E-state index in [-0.39, 0.29) is 62.8 Å². The number of nitrogens with zero attached hydrogens (tertiary/aromatic N) is 5. The van der Waals surface area contributed by atoms with Crippen LogP contribution in [-0.2, 0) is 0 Å². The Labute approximate surface area is 269 Å². The molecule has 5 N–H and O–H groups in total. The van der Waals surface area contributed by atoms with Crippen molar-refractivity contribution in [3.05, 3.63) is 84.1 Å². The molecule has 0 saturated carbocycles. The first-order valence-corrected chi connectivity index (χ1v) is 15.3. The van der Waals surface area contributed by atoms with Gasteiger partial charge < -0.3 is 26.0 Å². The molecule has 2 aliphatic rings. The summed E-state index contributed by atoms with van der Waals surface area (Å²) < 4.78 is 38.0. The molecule has 5 aromatic rings. The van der Waals surface area contributed by atoms with Gasteiger partial charge in [0.05, 0.1) is 11.6 Å². The normalized spacial score (nSPS) is 18.5. The summed E-state index contributed by atoms with van der Waals surface area (Å²) in [6, 6.07) is 8.33. The van der Waals surface area contributed by atoms with E-state index in [0.29, 0.717) is 16.8 Å². The lowest BCUT2D eigenvalue weighted by molar-refractivity contribution is 0.108. The number of halogens is 2. The molecule has 0 spiro atoms. The van der Waals surface area contributed by atoms with Gasteiger partial charge in [-0.25, -0.2) is 18.7 Å². The highest BCUT2D eigenvalue weighted by Crippen LogP contribution is 2.43. The van der Waals surface area contributed by atoms with Crippen LogP contribution in [0.25, 0.3) is 39.0 Å². The Morgan fingerprint density at radius 2 is 2.00 bits per heavy atom. The average Bonchev–Trinajstić information content (AvgIpc) is 3.57. The topological polar surface area (TPSA) is 143 Å². The fourth-order valence-corrected chi connectivity index (χ4v) is 7.05. The fourth-order valence-electron chi connectivity index (χ4n) is 7.05. The van der Waals surface area contributed by atoms with E-state index in [1.807, 2.05) is 6.92 Å². The predicted molar refractivity (Wildman–Crippen MR) is 177 cm³/mol. The van der Waals surface area contributed by atoms with Crippen molar-refractivity contribution >= 4 is 39.4 Å². The van der Waals surface area contributed by atoms with Crippen molar-refractivity contribution in [1.82, 2.24) is 24.8 Å². The van der Waals surface area contributed by atoms with Crippen LogP contribution >= 0.6 is 0 Å². The Bertz CT molecular complexity index is 2110. The van der Waals surface area contributed by atoms with Crippen molar-refractivity contribution in [1.29, 1.82) is 0 Å². The highest BCUT2D eigenvalue weighted by molar-refractivity contribution is 6.04. The van der Waals surface area contributed by atoms with Gasteiger partial charge in [-0.1, -0.05) is 36.9 Å². The monoisotopic (exact) mass is 637 g/mol. The summed E-state index contributed by atoms with van der Waals surface area (Å²) in [6.07, 6.45) is 5.59. The summed E-state index contributed by atoms with van der Waals surface area (Å²) in [6.45, 7) is 11.7. The number of aromatic nitrogens is 4. The standard InChI is InChI=1S/C35H33F2N7O3/c1-4-22-25(36)9-8-20-13-21(45)14-24(26(20)22)29-28(37)30-27(33(46)41-29)32(40-19(3)23-7-5-11-39-31(23)38)43-34(42-30)47-17-35-10-6-12-44(35)16-18(2)15-35/h4-5,7-9,11,13-14,19,45H,1-2,6,10,12,15-17H2,3H3,(H2,38,39)(H,41,46)(H,40,42,43)/t19?,35-/m0/s1. The third-order valence-corrected chi connectivity index (χ3v) is 9.19. The Hall–Kier alpha value is -5.36. The third kappa shape index (κ3) is 5.14. The van der Waals surface area contributed by atoms with Crippen LogP contribution in [0.4, 0.5) is 20.4 Å². The maximum Gasteiger partial charge on any atom is 0.319 e. The van der Waals surface area contributed by atoms with E-state index in [1.54, 1.807) is 18.3 Å². The lowest BCUT2D eigenvalue weighted by Gasteiger charge is -2.30. The largest absolute Gasteiger partial charge is 0.508 e. The number of rotatable bonds is 8. The number of hydrogen-bond acceptors (Lipinski definition) is 10. The summed E-state index contributed by atoms with van der Waals surface area (Å²) in [5, 5.41) is 25.7. The molecule has 47 heavy (non-hydrogen) atoms. The van der Waals surface area contributed by atoms with E-state index in [0.717, 1.165) is 37.9 Å². The van der Waals surface area contributed by atoms with Crippen LogP contribution in [0.1, 0.15) is 43.4 Å². The molecule has 240 valence electrons. The smallest absolute Gasteiger partial charge is 0.319 e. The van der Waals surface area contributed by atoms with Gasteiger partial charge in [0.2, 0.25) is 5.88 Å². The lowest BCUT2D eigenvalue weighted by Crippen LogP contribution is -2.43. The Morgan fingerprint density at radius 3 is 2.79 bits per heavy atom. The quantitative estimate of drug-likeness (QED) is 0.139. The van der Waals surface area contributed by atoms with Crippen molar-refractivity contribution in [3.8, 4) is 28.9 Å². The maximum absolute atomic E-state index is 16.8. The number of fused-ring (bicyclic) bond motifs is 3. The molecule has 2 atom stereocenters. The number of ether oxygens (including phenoxy) is 1. The fraction of sp³-hybridized carbons (Fsp3) is 0.257.